The van der Waals surface area contributed by atoms with Crippen LogP contribution >= 0.6 is 11.8 Å². The quantitative estimate of drug-likeness (QED) is 0.339. The number of carbonyl (C=O) groups is 1. The van der Waals surface area contributed by atoms with E-state index < -0.39 is 10.2 Å². The van der Waals surface area contributed by atoms with Gasteiger partial charge >= 0.3 is 0 Å². The average molecular weight is 413 g/mol. The third-order valence-corrected chi connectivity index (χ3v) is 5.66. The van der Waals surface area contributed by atoms with Crippen LogP contribution in [0.1, 0.15) is 37.3 Å². The molecule has 0 bridgehead atoms. The highest BCUT2D eigenvalue weighted by molar-refractivity contribution is 8.00. The van der Waals surface area contributed by atoms with Crippen molar-refractivity contribution in [3.8, 4) is 0 Å². The van der Waals surface area contributed by atoms with Gasteiger partial charge in [0.1, 0.15) is 11.6 Å². The second-order valence-electron chi connectivity index (χ2n) is 6.83. The van der Waals surface area contributed by atoms with Crippen LogP contribution in [0.5, 0.6) is 0 Å². The lowest BCUT2D eigenvalue weighted by Crippen LogP contribution is -2.23. The predicted octanol–water partition coefficient (Wildman–Crippen LogP) is 3.82. The maximum absolute atomic E-state index is 12.6. The first-order valence-electron chi connectivity index (χ1n) is 9.18. The van der Waals surface area contributed by atoms with Gasteiger partial charge in [-0.25, -0.2) is 0 Å². The zero-order valence-electron chi connectivity index (χ0n) is 15.6. The highest BCUT2D eigenvalue weighted by Gasteiger charge is 2.31. The standard InChI is InChI=1S/C19H19N5O4S/c1-12(18(25)20-14-6-8-15(9-7-14)24(26)27)29-19-22-21-17(13-4-5-13)23(19)11-16-3-2-10-28-16/h2-3,6-10,12-13H,4-5,11H2,1H3,(H,20,25). The molecule has 0 radical (unpaired) electrons. The van der Waals surface area contributed by atoms with Crippen molar-refractivity contribution in [3.63, 3.8) is 0 Å². The number of furan rings is 1. The maximum atomic E-state index is 12.6. The molecule has 1 aromatic carbocycles. The van der Waals surface area contributed by atoms with E-state index in [4.69, 9.17) is 4.42 Å². The van der Waals surface area contributed by atoms with E-state index in [1.54, 1.807) is 13.2 Å². The lowest BCUT2D eigenvalue weighted by atomic mass is 10.3. The van der Waals surface area contributed by atoms with Crippen LogP contribution in [0.4, 0.5) is 11.4 Å². The minimum atomic E-state index is -0.479. The highest BCUT2D eigenvalue weighted by Crippen LogP contribution is 2.40. The molecule has 150 valence electrons. The van der Waals surface area contributed by atoms with Crippen molar-refractivity contribution < 1.29 is 14.1 Å². The van der Waals surface area contributed by atoms with Gasteiger partial charge in [0.25, 0.3) is 5.69 Å². The van der Waals surface area contributed by atoms with E-state index in [0.29, 0.717) is 23.3 Å². The molecule has 3 aromatic rings. The Kier molecular flexibility index (Phi) is 5.34. The van der Waals surface area contributed by atoms with Crippen LogP contribution in [-0.4, -0.2) is 30.8 Å². The molecule has 29 heavy (non-hydrogen) atoms. The Morgan fingerprint density at radius 2 is 2.10 bits per heavy atom. The van der Waals surface area contributed by atoms with E-state index in [0.717, 1.165) is 24.4 Å². The average Bonchev–Trinajstić information content (AvgIpc) is 3.28. The number of aromatic nitrogens is 3. The summed E-state index contributed by atoms with van der Waals surface area (Å²) in [5.74, 6) is 1.92. The first kappa shape index (κ1) is 19.2. The Bertz CT molecular complexity index is 1010. The van der Waals surface area contributed by atoms with Crippen LogP contribution in [0.15, 0.2) is 52.2 Å². The molecule has 1 unspecified atom stereocenters. The second kappa shape index (κ2) is 8.08. The van der Waals surface area contributed by atoms with Crippen molar-refractivity contribution in [2.24, 2.45) is 0 Å². The third-order valence-electron chi connectivity index (χ3n) is 4.58. The van der Waals surface area contributed by atoms with Gasteiger partial charge in [-0.2, -0.15) is 0 Å². The lowest BCUT2D eigenvalue weighted by molar-refractivity contribution is -0.384. The largest absolute Gasteiger partial charge is 0.467 e. The van der Waals surface area contributed by atoms with Crippen LogP contribution < -0.4 is 5.32 Å². The minimum absolute atomic E-state index is 0.0240. The number of thioether (sulfide) groups is 1. The fourth-order valence-electron chi connectivity index (χ4n) is 2.86. The molecule has 2 heterocycles. The molecular formula is C19H19N5O4S. The summed E-state index contributed by atoms with van der Waals surface area (Å²) in [6.07, 6.45) is 3.82. The first-order chi connectivity index (χ1) is 14.0. The molecular weight excluding hydrogens is 394 g/mol. The topological polar surface area (TPSA) is 116 Å². The SMILES string of the molecule is CC(Sc1nnc(C2CC2)n1Cc1ccco1)C(=O)Nc1ccc([N+](=O)[O-])cc1. The Balaban J connectivity index is 1.45. The number of nitrogens with zero attached hydrogens (tertiary/aromatic N) is 4. The molecule has 1 fully saturated rings. The Morgan fingerprint density at radius 1 is 1.34 bits per heavy atom. The molecule has 2 aromatic heterocycles. The van der Waals surface area contributed by atoms with Crippen molar-refractivity contribution in [2.45, 2.75) is 42.6 Å². The van der Waals surface area contributed by atoms with Gasteiger partial charge in [-0.3, -0.25) is 19.5 Å². The molecule has 4 rings (SSSR count). The van der Waals surface area contributed by atoms with Gasteiger partial charge < -0.3 is 9.73 Å². The van der Waals surface area contributed by atoms with E-state index in [9.17, 15) is 14.9 Å². The summed E-state index contributed by atoms with van der Waals surface area (Å²) in [6, 6.07) is 9.47. The van der Waals surface area contributed by atoms with Crippen LogP contribution in [0, 0.1) is 10.1 Å². The van der Waals surface area contributed by atoms with Crippen molar-refractivity contribution in [1.82, 2.24) is 14.8 Å². The van der Waals surface area contributed by atoms with Gasteiger partial charge in [0.2, 0.25) is 5.91 Å². The molecule has 10 heteroatoms. The zero-order chi connectivity index (χ0) is 20.4. The molecule has 9 nitrogen and oxygen atoms in total. The minimum Gasteiger partial charge on any atom is -0.467 e. The fraction of sp³-hybridized carbons (Fsp3) is 0.316. The van der Waals surface area contributed by atoms with Gasteiger partial charge in [-0.05, 0) is 44.0 Å². The van der Waals surface area contributed by atoms with Crippen molar-refractivity contribution in [3.05, 3.63) is 64.4 Å². The number of carbonyl (C=O) groups excluding carboxylic acids is 1. The Labute approximate surface area is 170 Å². The monoisotopic (exact) mass is 413 g/mol. The lowest BCUT2D eigenvalue weighted by Gasteiger charge is -2.13. The highest BCUT2D eigenvalue weighted by atomic mass is 32.2. The van der Waals surface area contributed by atoms with Gasteiger partial charge in [-0.15, -0.1) is 10.2 Å². The number of rotatable bonds is 8. The normalized spacial score (nSPS) is 14.5. The number of non-ortho nitro benzene ring substituents is 1. The van der Waals surface area contributed by atoms with Gasteiger partial charge in [0.05, 0.1) is 23.0 Å². The van der Waals surface area contributed by atoms with Gasteiger partial charge in [0.15, 0.2) is 5.16 Å². The van der Waals surface area contributed by atoms with E-state index in [-0.39, 0.29) is 11.6 Å². The second-order valence-corrected chi connectivity index (χ2v) is 8.14. The summed E-state index contributed by atoms with van der Waals surface area (Å²) in [5, 5.41) is 22.4. The number of nitrogens with one attached hydrogen (secondary N) is 1. The zero-order valence-corrected chi connectivity index (χ0v) is 16.5. The summed E-state index contributed by atoms with van der Waals surface area (Å²) in [6.45, 7) is 2.30. The van der Waals surface area contributed by atoms with Crippen LogP contribution in [0.25, 0.3) is 0 Å². The van der Waals surface area contributed by atoms with Crippen molar-refractivity contribution >= 4 is 29.0 Å². The molecule has 0 spiro atoms. The number of nitro benzene ring substituents is 1. The molecule has 1 atom stereocenters. The first-order valence-corrected chi connectivity index (χ1v) is 10.1. The molecule has 1 saturated carbocycles. The Morgan fingerprint density at radius 3 is 2.72 bits per heavy atom. The summed E-state index contributed by atoms with van der Waals surface area (Å²) in [4.78, 5) is 22.8. The van der Waals surface area contributed by atoms with E-state index in [2.05, 4.69) is 15.5 Å². The van der Waals surface area contributed by atoms with Crippen LogP contribution in [0.2, 0.25) is 0 Å². The van der Waals surface area contributed by atoms with Crippen LogP contribution in [0.3, 0.4) is 0 Å². The molecule has 0 aliphatic heterocycles. The maximum Gasteiger partial charge on any atom is 0.269 e. The number of hydrogen-bond donors (Lipinski definition) is 1. The van der Waals surface area contributed by atoms with E-state index >= 15 is 0 Å². The number of benzene rings is 1. The predicted molar refractivity (Wildman–Crippen MR) is 107 cm³/mol. The number of anilines is 1. The summed E-state index contributed by atoms with van der Waals surface area (Å²) >= 11 is 1.32. The number of hydrogen-bond acceptors (Lipinski definition) is 7. The van der Waals surface area contributed by atoms with Gasteiger partial charge in [0, 0.05) is 23.7 Å². The molecule has 1 aliphatic rings. The third kappa shape index (κ3) is 4.48. The molecule has 1 N–H and O–H groups in total. The van der Waals surface area contributed by atoms with Gasteiger partial charge in [-0.1, -0.05) is 11.8 Å². The number of amides is 1. The Hall–Kier alpha value is -3.14. The number of nitro groups is 1. The smallest absolute Gasteiger partial charge is 0.269 e. The summed E-state index contributed by atoms with van der Waals surface area (Å²) < 4.78 is 7.47. The van der Waals surface area contributed by atoms with Crippen molar-refractivity contribution in [2.75, 3.05) is 5.32 Å². The van der Waals surface area contributed by atoms with Crippen LogP contribution in [-0.2, 0) is 11.3 Å². The summed E-state index contributed by atoms with van der Waals surface area (Å²) in [5.41, 5.74) is 0.479. The fourth-order valence-corrected chi connectivity index (χ4v) is 3.72. The van der Waals surface area contributed by atoms with Crippen molar-refractivity contribution in [1.29, 1.82) is 0 Å². The van der Waals surface area contributed by atoms with E-state index in [1.165, 1.54) is 36.0 Å². The summed E-state index contributed by atoms with van der Waals surface area (Å²) in [7, 11) is 0. The van der Waals surface area contributed by atoms with E-state index in [1.807, 2.05) is 16.7 Å². The molecule has 0 saturated heterocycles. The molecule has 1 aliphatic carbocycles. The molecule has 1 amide bonds.